The molecule has 3 heterocycles. The van der Waals surface area contributed by atoms with Gasteiger partial charge in [-0.1, -0.05) is 35.9 Å². The number of rotatable bonds is 6. The van der Waals surface area contributed by atoms with Gasteiger partial charge in [0.15, 0.2) is 5.76 Å². The van der Waals surface area contributed by atoms with Crippen molar-refractivity contribution in [2.24, 2.45) is 0 Å². The summed E-state index contributed by atoms with van der Waals surface area (Å²) >= 11 is 6.38. The quantitative estimate of drug-likeness (QED) is 0.632. The Bertz CT molecular complexity index is 1050. The minimum Gasteiger partial charge on any atom is -0.487 e. The molecule has 1 aromatic carbocycles. The van der Waals surface area contributed by atoms with Crippen LogP contribution in [0.25, 0.3) is 0 Å². The summed E-state index contributed by atoms with van der Waals surface area (Å²) in [6, 6.07) is 15.5. The Morgan fingerprint density at radius 2 is 2.04 bits per heavy atom. The first-order chi connectivity index (χ1) is 13.7. The van der Waals surface area contributed by atoms with Crippen LogP contribution in [-0.4, -0.2) is 16.3 Å². The van der Waals surface area contributed by atoms with Crippen molar-refractivity contribution in [2.45, 2.75) is 12.6 Å². The van der Waals surface area contributed by atoms with Crippen LogP contribution in [0, 0.1) is 0 Å². The van der Waals surface area contributed by atoms with Gasteiger partial charge in [-0.25, -0.2) is 0 Å². The molecule has 4 rings (SSSR count). The van der Waals surface area contributed by atoms with Gasteiger partial charge in [-0.3, -0.25) is 9.78 Å². The molecule has 6 nitrogen and oxygen atoms in total. The van der Waals surface area contributed by atoms with Crippen molar-refractivity contribution >= 4 is 11.6 Å². The molecule has 0 aliphatic carbocycles. The normalized spacial score (nSPS) is 14.0. The molecule has 0 bridgehead atoms. The lowest BCUT2D eigenvalue weighted by atomic mass is 10.0. The van der Waals surface area contributed by atoms with Gasteiger partial charge in [-0.15, -0.1) is 0 Å². The van der Waals surface area contributed by atoms with E-state index in [0.29, 0.717) is 16.5 Å². The third-order valence-electron chi connectivity index (χ3n) is 4.27. The van der Waals surface area contributed by atoms with Crippen LogP contribution in [0.5, 0.6) is 5.75 Å². The summed E-state index contributed by atoms with van der Waals surface area (Å²) in [6.07, 6.45) is 4.86. The van der Waals surface area contributed by atoms with E-state index < -0.39 is 6.04 Å². The number of allylic oxidation sites excluding steroid dienone is 1. The number of benzene rings is 1. The van der Waals surface area contributed by atoms with Crippen LogP contribution < -0.4 is 10.3 Å². The number of hydrogen-bond acceptors (Lipinski definition) is 5. The first-order valence-corrected chi connectivity index (χ1v) is 9.04. The van der Waals surface area contributed by atoms with Crippen molar-refractivity contribution < 1.29 is 14.2 Å². The number of nitrogens with zero attached hydrogens (tertiary/aromatic N) is 2. The Labute approximate surface area is 166 Å². The van der Waals surface area contributed by atoms with E-state index >= 15 is 0 Å². The zero-order valence-corrected chi connectivity index (χ0v) is 15.6. The molecule has 1 atom stereocenters. The summed E-state index contributed by atoms with van der Waals surface area (Å²) in [5.74, 6) is 0.972. The minimum absolute atomic E-state index is 0.107. The Morgan fingerprint density at radius 3 is 2.75 bits per heavy atom. The summed E-state index contributed by atoms with van der Waals surface area (Å²) in [5, 5.41) is 0.534. The minimum atomic E-state index is -0.534. The van der Waals surface area contributed by atoms with Crippen molar-refractivity contribution in [1.29, 1.82) is 0 Å². The maximum absolute atomic E-state index is 12.8. The first-order valence-electron chi connectivity index (χ1n) is 8.66. The van der Waals surface area contributed by atoms with Gasteiger partial charge in [0.05, 0.1) is 5.69 Å². The molecule has 7 heteroatoms. The van der Waals surface area contributed by atoms with E-state index in [-0.39, 0.29) is 19.0 Å². The van der Waals surface area contributed by atoms with Crippen molar-refractivity contribution in [3.05, 3.63) is 106 Å². The average molecular weight is 397 g/mol. The lowest BCUT2D eigenvalue weighted by molar-refractivity contribution is 0.0735. The summed E-state index contributed by atoms with van der Waals surface area (Å²) in [6.45, 7) is 0.386. The lowest BCUT2D eigenvalue weighted by Gasteiger charge is -2.21. The van der Waals surface area contributed by atoms with E-state index in [1.54, 1.807) is 24.5 Å². The molecular weight excluding hydrogens is 380 g/mol. The Morgan fingerprint density at radius 1 is 1.18 bits per heavy atom. The van der Waals surface area contributed by atoms with Gasteiger partial charge >= 0.3 is 0 Å². The highest BCUT2D eigenvalue weighted by molar-refractivity contribution is 6.31. The van der Waals surface area contributed by atoms with Crippen molar-refractivity contribution in [1.82, 2.24) is 9.55 Å². The monoisotopic (exact) mass is 396 g/mol. The van der Waals surface area contributed by atoms with E-state index in [4.69, 9.17) is 25.8 Å². The Hall–Kier alpha value is -3.25. The lowest BCUT2D eigenvalue weighted by Crippen LogP contribution is -2.26. The molecule has 2 aromatic heterocycles. The Balaban J connectivity index is 1.64. The van der Waals surface area contributed by atoms with Crippen LogP contribution in [-0.2, 0) is 16.1 Å². The van der Waals surface area contributed by atoms with Crippen LogP contribution in [0.2, 0.25) is 5.02 Å². The van der Waals surface area contributed by atoms with Crippen LogP contribution in [0.4, 0.5) is 0 Å². The number of hydrogen-bond donors (Lipinski definition) is 0. The number of halogens is 1. The molecule has 0 radical (unpaired) electrons. The number of ether oxygens (including phenoxy) is 3. The molecule has 3 aromatic rings. The maximum atomic E-state index is 12.8. The van der Waals surface area contributed by atoms with Crippen LogP contribution in [0.15, 0.2) is 83.8 Å². The smallest absolute Gasteiger partial charge is 0.255 e. The van der Waals surface area contributed by atoms with E-state index in [0.717, 1.165) is 11.3 Å². The molecule has 1 aliphatic heterocycles. The van der Waals surface area contributed by atoms with Gasteiger partial charge in [0, 0.05) is 29.0 Å². The van der Waals surface area contributed by atoms with Crippen LogP contribution in [0.1, 0.15) is 17.3 Å². The molecule has 0 amide bonds. The van der Waals surface area contributed by atoms with E-state index in [1.807, 2.05) is 36.4 Å². The average Bonchev–Trinajstić information content (AvgIpc) is 3.25. The summed E-state index contributed by atoms with van der Waals surface area (Å²) in [7, 11) is 0. The molecule has 0 N–H and O–H groups in total. The van der Waals surface area contributed by atoms with Gasteiger partial charge < -0.3 is 18.8 Å². The summed E-state index contributed by atoms with van der Waals surface area (Å²) < 4.78 is 18.0. The molecule has 0 saturated carbocycles. The third-order valence-corrected chi connectivity index (χ3v) is 4.62. The summed E-state index contributed by atoms with van der Waals surface area (Å²) in [5.41, 5.74) is 1.27. The molecule has 0 fully saturated rings. The zero-order chi connectivity index (χ0) is 19.3. The first kappa shape index (κ1) is 18.1. The third kappa shape index (κ3) is 3.87. The fraction of sp³-hybridized carbons (Fsp3) is 0.143. The fourth-order valence-corrected chi connectivity index (χ4v) is 3.19. The zero-order valence-electron chi connectivity index (χ0n) is 14.8. The van der Waals surface area contributed by atoms with E-state index in [2.05, 4.69) is 4.98 Å². The Kier molecular flexibility index (Phi) is 5.30. The second-order valence-electron chi connectivity index (χ2n) is 6.09. The van der Waals surface area contributed by atoms with Gasteiger partial charge in [0.25, 0.3) is 5.56 Å². The van der Waals surface area contributed by atoms with Gasteiger partial charge in [0.2, 0.25) is 6.79 Å². The van der Waals surface area contributed by atoms with Gasteiger partial charge in [-0.2, -0.15) is 0 Å². The second-order valence-corrected chi connectivity index (χ2v) is 6.50. The largest absolute Gasteiger partial charge is 0.487 e. The van der Waals surface area contributed by atoms with Gasteiger partial charge in [0.1, 0.15) is 24.7 Å². The van der Waals surface area contributed by atoms with Crippen LogP contribution in [0.3, 0.4) is 0 Å². The summed E-state index contributed by atoms with van der Waals surface area (Å²) in [4.78, 5) is 17.0. The standard InChI is InChI=1S/C21H17ClN2O4/c22-18-7-2-1-6-17(18)21(19-13-26-14-28-19)24-10-8-16(11-20(24)25)27-12-15-5-3-4-9-23-15/h1-11,13,21H,12,14H2. The SMILES string of the molecule is O=c1cc(OCc2ccccn2)ccn1C(C1=COCO1)c1ccccc1Cl. The molecular formula is C21H17ClN2O4. The second kappa shape index (κ2) is 8.19. The molecule has 0 spiro atoms. The molecule has 1 unspecified atom stereocenters. The molecule has 1 aliphatic rings. The molecule has 28 heavy (non-hydrogen) atoms. The topological polar surface area (TPSA) is 62.6 Å². The molecule has 142 valence electrons. The highest BCUT2D eigenvalue weighted by Crippen LogP contribution is 2.33. The van der Waals surface area contributed by atoms with E-state index in [9.17, 15) is 4.79 Å². The van der Waals surface area contributed by atoms with Crippen molar-refractivity contribution in [2.75, 3.05) is 6.79 Å². The number of aromatic nitrogens is 2. The van der Waals surface area contributed by atoms with Crippen molar-refractivity contribution in [3.8, 4) is 5.75 Å². The fourth-order valence-electron chi connectivity index (χ4n) is 2.95. The van der Waals surface area contributed by atoms with Crippen LogP contribution >= 0.6 is 11.6 Å². The predicted octanol–water partition coefficient (Wildman–Crippen LogP) is 3.91. The molecule has 0 saturated heterocycles. The highest BCUT2D eigenvalue weighted by atomic mass is 35.5. The predicted molar refractivity (Wildman–Crippen MR) is 104 cm³/mol. The maximum Gasteiger partial charge on any atom is 0.255 e. The van der Waals surface area contributed by atoms with E-state index in [1.165, 1.54) is 16.9 Å². The number of pyridine rings is 2. The highest BCUT2D eigenvalue weighted by Gasteiger charge is 2.26. The van der Waals surface area contributed by atoms with Gasteiger partial charge in [-0.05, 0) is 24.3 Å². The van der Waals surface area contributed by atoms with Crippen molar-refractivity contribution in [3.63, 3.8) is 0 Å².